The van der Waals surface area contributed by atoms with E-state index in [9.17, 15) is 62.6 Å². The number of nitrogens with one attached hydrogen (secondary N) is 1. The third-order valence-corrected chi connectivity index (χ3v) is 6.18. The Kier molecular flexibility index (Phi) is 12.1. The summed E-state index contributed by atoms with van der Waals surface area (Å²) >= 11 is 0. The first-order chi connectivity index (χ1) is 19.3. The van der Waals surface area contributed by atoms with Crippen LogP contribution in [0.2, 0.25) is 0 Å². The summed E-state index contributed by atoms with van der Waals surface area (Å²) in [6.07, 6.45) is -17.2. The number of benzene rings is 1. The molecular weight excluding hydrogens is 637 g/mol. The summed E-state index contributed by atoms with van der Waals surface area (Å²) in [5.41, 5.74) is -10.5. The molecule has 1 heterocycles. The minimum atomic E-state index is -6.23. The van der Waals surface area contributed by atoms with E-state index in [1.807, 2.05) is 30.6 Å². The van der Waals surface area contributed by atoms with Gasteiger partial charge >= 0.3 is 30.5 Å². The van der Waals surface area contributed by atoms with Crippen LogP contribution in [-0.4, -0.2) is 78.1 Å². The van der Waals surface area contributed by atoms with Gasteiger partial charge in [-0.3, -0.25) is 4.55 Å². The molecule has 0 saturated heterocycles. The van der Waals surface area contributed by atoms with Gasteiger partial charge in [-0.15, -0.1) is 0 Å². The molecule has 10 nitrogen and oxygen atoms in total. The number of rotatable bonds is 9. The Hall–Kier alpha value is -3.49. The molecule has 1 atom stereocenters. The van der Waals surface area contributed by atoms with Crippen LogP contribution in [0.4, 0.5) is 39.5 Å². The lowest BCUT2D eigenvalue weighted by Gasteiger charge is -2.31. The molecule has 0 amide bonds. The van der Waals surface area contributed by atoms with Crippen molar-refractivity contribution in [2.24, 2.45) is 0 Å². The monoisotopic (exact) mass is 660 g/mol. The average Bonchev–Trinajstić information content (AvgIpc) is 2.87. The smallest absolute Gasteiger partial charge is 0.426 e. The highest BCUT2D eigenvalue weighted by molar-refractivity contribution is 7.85. The van der Waals surface area contributed by atoms with E-state index in [1.165, 1.54) is 0 Å². The third kappa shape index (κ3) is 10.6. The number of H-pyrrole nitrogens is 1. The highest BCUT2D eigenvalue weighted by Crippen LogP contribution is 2.45. The molecule has 20 heteroatoms. The van der Waals surface area contributed by atoms with Crippen LogP contribution in [0.1, 0.15) is 40.5 Å². The second kappa shape index (κ2) is 13.9. The van der Waals surface area contributed by atoms with Crippen molar-refractivity contribution < 1.29 is 86.7 Å². The Morgan fingerprint density at radius 3 is 1.47 bits per heavy atom. The second-order valence-corrected chi connectivity index (χ2v) is 10.1. The zero-order valence-electron chi connectivity index (χ0n) is 21.5. The SMILES string of the molecule is CC(O)(CCOC(=O)c1cc(C(=O)OCCC(O)(C(F)(F)F)C(F)(F)F)cc(S(=O)(=O)O)c1)C(F)(F)F.c1cc[nH+]cc1. The van der Waals surface area contributed by atoms with E-state index in [4.69, 9.17) is 9.66 Å². The molecule has 1 aromatic heterocycles. The first-order valence-electron chi connectivity index (χ1n) is 11.4. The van der Waals surface area contributed by atoms with Crippen LogP contribution >= 0.6 is 0 Å². The molecule has 1 aromatic carbocycles. The Morgan fingerprint density at radius 2 is 1.16 bits per heavy atom. The van der Waals surface area contributed by atoms with Crippen molar-refractivity contribution in [2.45, 2.75) is 54.4 Å². The van der Waals surface area contributed by atoms with Crippen molar-refractivity contribution in [3.05, 3.63) is 59.9 Å². The number of ether oxygens (including phenoxy) is 2. The van der Waals surface area contributed by atoms with Gasteiger partial charge in [0.25, 0.3) is 15.7 Å². The molecule has 43 heavy (non-hydrogen) atoms. The first-order valence-corrected chi connectivity index (χ1v) is 12.8. The standard InChI is InChI=1S/C18H17F9O9S.C5H5N/c1-14(30,16(19,20)21)2-4-35-12(28)9-6-10(8-11(7-9)37(32,33)34)13(29)36-5-3-15(31,17(22,23)24)18(25,26)27;1-2-4-6-5-3-1/h6-8,30-31H,2-5H2,1H3,(H,32,33,34);1-5H/p+1. The van der Waals surface area contributed by atoms with Crippen LogP contribution in [0.25, 0.3) is 0 Å². The number of hydrogen-bond acceptors (Lipinski definition) is 8. The summed E-state index contributed by atoms with van der Waals surface area (Å²) < 4.78 is 155. The first kappa shape index (κ1) is 37.5. The van der Waals surface area contributed by atoms with Gasteiger partial charge in [-0.25, -0.2) is 14.6 Å². The molecule has 4 N–H and O–H groups in total. The number of alkyl halides is 9. The summed E-state index contributed by atoms with van der Waals surface area (Å²) in [6, 6.07) is 6.99. The quantitative estimate of drug-likeness (QED) is 0.207. The fourth-order valence-corrected chi connectivity index (χ4v) is 3.26. The molecule has 0 aliphatic heterocycles. The lowest BCUT2D eigenvalue weighted by Crippen LogP contribution is -2.57. The Balaban J connectivity index is 0.00000136. The Labute approximate surface area is 236 Å². The summed E-state index contributed by atoms with van der Waals surface area (Å²) in [5.74, 6) is -3.41. The van der Waals surface area contributed by atoms with Gasteiger partial charge in [0.15, 0.2) is 18.0 Å². The number of aromatic nitrogens is 1. The molecule has 0 saturated carbocycles. The molecule has 1 unspecified atom stereocenters. The number of carbonyl (C=O) groups excluding carboxylic acids is 2. The van der Waals surface area contributed by atoms with Crippen molar-refractivity contribution in [3.8, 4) is 0 Å². The molecule has 2 rings (SSSR count). The zero-order valence-corrected chi connectivity index (χ0v) is 22.4. The van der Waals surface area contributed by atoms with E-state index in [0.29, 0.717) is 25.1 Å². The molecule has 0 aliphatic rings. The second-order valence-electron chi connectivity index (χ2n) is 8.70. The Bertz CT molecular complexity index is 1300. The van der Waals surface area contributed by atoms with Crippen molar-refractivity contribution in [2.75, 3.05) is 13.2 Å². The van der Waals surface area contributed by atoms with Gasteiger partial charge in [-0.2, -0.15) is 47.9 Å². The van der Waals surface area contributed by atoms with Gasteiger partial charge in [0.05, 0.1) is 29.2 Å². The van der Waals surface area contributed by atoms with Crippen LogP contribution in [-0.2, 0) is 19.6 Å². The maximum atomic E-state index is 12.7. The summed E-state index contributed by atoms with van der Waals surface area (Å²) in [5, 5.41) is 18.3. The van der Waals surface area contributed by atoms with E-state index >= 15 is 0 Å². The molecule has 0 fully saturated rings. The molecule has 2 aromatic rings. The maximum absolute atomic E-state index is 12.7. The van der Waals surface area contributed by atoms with Crippen molar-refractivity contribution in [1.29, 1.82) is 0 Å². The van der Waals surface area contributed by atoms with E-state index in [2.05, 4.69) is 14.5 Å². The normalized spacial score (nSPS) is 14.2. The van der Waals surface area contributed by atoms with Crippen LogP contribution in [0.5, 0.6) is 0 Å². The molecular formula is C23H23F9NO9S+. The summed E-state index contributed by atoms with van der Waals surface area (Å²) in [4.78, 5) is 25.9. The van der Waals surface area contributed by atoms with Gasteiger partial charge in [0.1, 0.15) is 0 Å². The topological polar surface area (TPSA) is 162 Å². The molecule has 0 spiro atoms. The molecule has 0 aliphatic carbocycles. The predicted molar refractivity (Wildman–Crippen MR) is 123 cm³/mol. The fourth-order valence-electron chi connectivity index (χ4n) is 2.71. The molecule has 0 bridgehead atoms. The minimum Gasteiger partial charge on any atom is -0.462 e. The average molecular weight is 660 g/mol. The summed E-state index contributed by atoms with van der Waals surface area (Å²) in [7, 11) is -5.20. The van der Waals surface area contributed by atoms with Gasteiger partial charge in [0.2, 0.25) is 0 Å². The number of aromatic amines is 1. The molecule has 242 valence electrons. The predicted octanol–water partition coefficient (Wildman–Crippen LogP) is 3.70. The maximum Gasteiger partial charge on any atom is 0.426 e. The lowest BCUT2D eigenvalue weighted by molar-refractivity contribution is -0.378. The van der Waals surface area contributed by atoms with Gasteiger partial charge in [-0.05, 0) is 25.1 Å². The van der Waals surface area contributed by atoms with Crippen LogP contribution < -0.4 is 4.98 Å². The van der Waals surface area contributed by atoms with Crippen molar-refractivity contribution >= 4 is 22.1 Å². The third-order valence-electron chi connectivity index (χ3n) is 5.35. The van der Waals surface area contributed by atoms with Crippen molar-refractivity contribution in [3.63, 3.8) is 0 Å². The van der Waals surface area contributed by atoms with Gasteiger partial charge < -0.3 is 19.7 Å². The van der Waals surface area contributed by atoms with Crippen LogP contribution in [0, 0.1) is 0 Å². The highest BCUT2D eigenvalue weighted by Gasteiger charge is 2.70. The Morgan fingerprint density at radius 1 is 0.744 bits per heavy atom. The number of pyridine rings is 1. The van der Waals surface area contributed by atoms with Gasteiger partial charge in [0, 0.05) is 25.0 Å². The van der Waals surface area contributed by atoms with E-state index in [0.717, 1.165) is 0 Å². The minimum absolute atomic E-state index is 0.308. The largest absolute Gasteiger partial charge is 0.462 e. The number of aliphatic hydroxyl groups is 2. The lowest BCUT2D eigenvalue weighted by atomic mass is 9.99. The van der Waals surface area contributed by atoms with E-state index in [-0.39, 0.29) is 0 Å². The zero-order chi connectivity index (χ0) is 33.5. The summed E-state index contributed by atoms with van der Waals surface area (Å²) in [6.45, 7) is -2.45. The van der Waals surface area contributed by atoms with Crippen LogP contribution in [0.15, 0.2) is 53.7 Å². The van der Waals surface area contributed by atoms with E-state index < -0.39 is 93.9 Å². The van der Waals surface area contributed by atoms with E-state index in [1.54, 1.807) is 0 Å². The molecule has 0 radical (unpaired) electrons. The number of hydrogen-bond donors (Lipinski definition) is 3. The van der Waals surface area contributed by atoms with Crippen molar-refractivity contribution in [1.82, 2.24) is 0 Å². The van der Waals surface area contributed by atoms with Crippen LogP contribution in [0.3, 0.4) is 0 Å². The number of halogens is 9. The number of carbonyl (C=O) groups is 2. The fraction of sp³-hybridized carbons (Fsp3) is 0.435. The highest BCUT2D eigenvalue weighted by atomic mass is 32.2. The van der Waals surface area contributed by atoms with Gasteiger partial charge in [-0.1, -0.05) is 6.07 Å². The number of esters is 2.